The lowest BCUT2D eigenvalue weighted by Gasteiger charge is -2.25. The van der Waals surface area contributed by atoms with Crippen LogP contribution >= 0.6 is 0 Å². The van der Waals surface area contributed by atoms with Crippen molar-refractivity contribution in [3.05, 3.63) is 0 Å². The zero-order chi connectivity index (χ0) is 15.3. The second-order valence-corrected chi connectivity index (χ2v) is 7.08. The largest absolute Gasteiger partial charge is 0.326 e. The number of hydrogen-bond acceptors (Lipinski definition) is 3. The molecule has 1 amide bonds. The summed E-state index contributed by atoms with van der Waals surface area (Å²) in [6, 6.07) is 0.00704. The van der Waals surface area contributed by atoms with Crippen molar-refractivity contribution in [2.75, 3.05) is 27.2 Å². The van der Waals surface area contributed by atoms with Crippen molar-refractivity contribution < 1.29 is 4.79 Å². The topological polar surface area (TPSA) is 35.6 Å². The maximum absolute atomic E-state index is 12.5. The van der Waals surface area contributed by atoms with Crippen LogP contribution in [0, 0.1) is 11.8 Å². The van der Waals surface area contributed by atoms with Gasteiger partial charge in [-0.25, -0.2) is 0 Å². The minimum absolute atomic E-state index is 0.00704. The molecule has 1 heterocycles. The molecule has 0 spiro atoms. The Kier molecular flexibility index (Phi) is 6.96. The molecule has 2 atom stereocenters. The van der Waals surface area contributed by atoms with Crippen LogP contribution in [0.25, 0.3) is 0 Å². The highest BCUT2D eigenvalue weighted by Gasteiger charge is 2.39. The molecule has 1 fully saturated rings. The SMILES string of the molecule is CC(C)CC1NC(C(C)C)C(=O)N1CCCCN(C)C. The lowest BCUT2D eigenvalue weighted by atomic mass is 10.0. The van der Waals surface area contributed by atoms with Gasteiger partial charge in [0, 0.05) is 6.54 Å². The van der Waals surface area contributed by atoms with Gasteiger partial charge in [0.25, 0.3) is 0 Å². The van der Waals surface area contributed by atoms with Gasteiger partial charge in [0.1, 0.15) is 0 Å². The zero-order valence-corrected chi connectivity index (χ0v) is 14.1. The molecule has 1 N–H and O–H groups in total. The Balaban J connectivity index is 2.55. The van der Waals surface area contributed by atoms with E-state index in [4.69, 9.17) is 0 Å². The lowest BCUT2D eigenvalue weighted by Crippen LogP contribution is -2.39. The van der Waals surface area contributed by atoms with E-state index in [1.165, 1.54) is 0 Å². The molecular formula is C16H33N3O. The fraction of sp³-hybridized carbons (Fsp3) is 0.938. The molecule has 118 valence electrons. The van der Waals surface area contributed by atoms with E-state index in [9.17, 15) is 4.79 Å². The van der Waals surface area contributed by atoms with E-state index >= 15 is 0 Å². The third-order valence-electron chi connectivity index (χ3n) is 3.91. The van der Waals surface area contributed by atoms with Crippen LogP contribution < -0.4 is 5.32 Å². The molecule has 20 heavy (non-hydrogen) atoms. The molecule has 0 aromatic carbocycles. The van der Waals surface area contributed by atoms with E-state index in [0.717, 1.165) is 32.4 Å². The van der Waals surface area contributed by atoms with Crippen LogP contribution in [0.2, 0.25) is 0 Å². The molecule has 1 aliphatic rings. The fourth-order valence-corrected chi connectivity index (χ4v) is 2.80. The van der Waals surface area contributed by atoms with Crippen molar-refractivity contribution in [2.45, 2.75) is 59.2 Å². The number of nitrogens with one attached hydrogen (secondary N) is 1. The fourth-order valence-electron chi connectivity index (χ4n) is 2.80. The third kappa shape index (κ3) is 5.06. The molecular weight excluding hydrogens is 250 g/mol. The first-order valence-corrected chi connectivity index (χ1v) is 8.04. The number of carbonyl (C=O) groups excluding carboxylic acids is 1. The Morgan fingerprint density at radius 3 is 2.35 bits per heavy atom. The predicted octanol–water partition coefficient (Wildman–Crippen LogP) is 2.16. The Hall–Kier alpha value is -0.610. The standard InChI is InChI=1S/C16H33N3O/c1-12(2)11-14-17-15(13(3)4)16(20)19(14)10-8-7-9-18(5)6/h12-15,17H,7-11H2,1-6H3. The molecule has 0 aliphatic carbocycles. The van der Waals surface area contributed by atoms with Gasteiger partial charge >= 0.3 is 0 Å². The summed E-state index contributed by atoms with van der Waals surface area (Å²) < 4.78 is 0. The molecule has 0 aromatic rings. The van der Waals surface area contributed by atoms with E-state index < -0.39 is 0 Å². The van der Waals surface area contributed by atoms with Gasteiger partial charge in [0.05, 0.1) is 12.2 Å². The molecule has 0 saturated carbocycles. The minimum atomic E-state index is 0.00704. The maximum atomic E-state index is 12.5. The normalized spacial score (nSPS) is 23.6. The minimum Gasteiger partial charge on any atom is -0.326 e. The Labute approximate surface area is 124 Å². The average molecular weight is 283 g/mol. The van der Waals surface area contributed by atoms with E-state index in [0.29, 0.717) is 17.7 Å². The van der Waals surface area contributed by atoms with Crippen molar-refractivity contribution in [3.8, 4) is 0 Å². The van der Waals surface area contributed by atoms with E-state index in [2.05, 4.69) is 56.9 Å². The number of nitrogens with zero attached hydrogens (tertiary/aromatic N) is 2. The molecule has 1 aliphatic heterocycles. The Morgan fingerprint density at radius 1 is 1.20 bits per heavy atom. The van der Waals surface area contributed by atoms with E-state index in [1.807, 2.05) is 0 Å². The van der Waals surface area contributed by atoms with E-state index in [1.54, 1.807) is 0 Å². The Bertz CT molecular complexity index is 302. The lowest BCUT2D eigenvalue weighted by molar-refractivity contribution is -0.130. The van der Waals surface area contributed by atoms with Crippen LogP contribution in [0.15, 0.2) is 0 Å². The summed E-state index contributed by atoms with van der Waals surface area (Å²) in [5.74, 6) is 1.27. The van der Waals surface area contributed by atoms with Gasteiger partial charge in [-0.2, -0.15) is 0 Å². The molecule has 4 heteroatoms. The van der Waals surface area contributed by atoms with Gasteiger partial charge in [-0.3, -0.25) is 10.1 Å². The number of rotatable bonds is 8. The summed E-state index contributed by atoms with van der Waals surface area (Å²) in [5, 5.41) is 3.54. The third-order valence-corrected chi connectivity index (χ3v) is 3.91. The quantitative estimate of drug-likeness (QED) is 0.693. The molecule has 0 aromatic heterocycles. The van der Waals surface area contributed by atoms with Gasteiger partial charge in [-0.05, 0) is 51.7 Å². The van der Waals surface area contributed by atoms with Crippen molar-refractivity contribution in [3.63, 3.8) is 0 Å². The van der Waals surface area contributed by atoms with Gasteiger partial charge in [0.2, 0.25) is 5.91 Å². The van der Waals surface area contributed by atoms with Crippen molar-refractivity contribution in [2.24, 2.45) is 11.8 Å². The molecule has 0 radical (unpaired) electrons. The van der Waals surface area contributed by atoms with E-state index in [-0.39, 0.29) is 12.2 Å². The summed E-state index contributed by atoms with van der Waals surface area (Å²) in [6.45, 7) is 10.7. The highest BCUT2D eigenvalue weighted by Crippen LogP contribution is 2.22. The van der Waals surface area contributed by atoms with Crippen molar-refractivity contribution in [1.29, 1.82) is 0 Å². The molecule has 1 rings (SSSR count). The predicted molar refractivity (Wildman–Crippen MR) is 84.5 cm³/mol. The summed E-state index contributed by atoms with van der Waals surface area (Å²) in [5.41, 5.74) is 0. The molecule has 0 bridgehead atoms. The first-order chi connectivity index (χ1) is 9.32. The number of amides is 1. The summed E-state index contributed by atoms with van der Waals surface area (Å²) in [4.78, 5) is 16.8. The van der Waals surface area contributed by atoms with Gasteiger partial charge in [-0.1, -0.05) is 27.7 Å². The smallest absolute Gasteiger partial charge is 0.241 e. The zero-order valence-electron chi connectivity index (χ0n) is 14.1. The maximum Gasteiger partial charge on any atom is 0.241 e. The second kappa shape index (κ2) is 7.99. The highest BCUT2D eigenvalue weighted by atomic mass is 16.2. The highest BCUT2D eigenvalue weighted by molar-refractivity contribution is 5.84. The first kappa shape index (κ1) is 17.4. The number of hydrogen-bond donors (Lipinski definition) is 1. The van der Waals surface area contributed by atoms with Crippen molar-refractivity contribution in [1.82, 2.24) is 15.1 Å². The monoisotopic (exact) mass is 283 g/mol. The van der Waals surface area contributed by atoms with Crippen LogP contribution in [0.3, 0.4) is 0 Å². The molecule has 4 nitrogen and oxygen atoms in total. The second-order valence-electron chi connectivity index (χ2n) is 7.08. The first-order valence-electron chi connectivity index (χ1n) is 8.04. The van der Waals surface area contributed by atoms with Crippen LogP contribution in [0.5, 0.6) is 0 Å². The van der Waals surface area contributed by atoms with Crippen LogP contribution in [0.4, 0.5) is 0 Å². The number of carbonyl (C=O) groups is 1. The van der Waals surface area contributed by atoms with Crippen LogP contribution in [-0.4, -0.2) is 55.1 Å². The van der Waals surface area contributed by atoms with Crippen molar-refractivity contribution >= 4 is 5.91 Å². The van der Waals surface area contributed by atoms with Crippen LogP contribution in [-0.2, 0) is 4.79 Å². The summed E-state index contributed by atoms with van der Waals surface area (Å²) in [7, 11) is 4.19. The average Bonchev–Trinajstić information content (AvgIpc) is 2.61. The van der Waals surface area contributed by atoms with Crippen LogP contribution in [0.1, 0.15) is 47.0 Å². The number of unbranched alkanes of at least 4 members (excludes halogenated alkanes) is 1. The molecule has 2 unspecified atom stereocenters. The Morgan fingerprint density at radius 2 is 1.85 bits per heavy atom. The molecule has 1 saturated heterocycles. The van der Waals surface area contributed by atoms with Gasteiger partial charge < -0.3 is 9.80 Å². The van der Waals surface area contributed by atoms with Gasteiger partial charge in [-0.15, -0.1) is 0 Å². The summed E-state index contributed by atoms with van der Waals surface area (Å²) >= 11 is 0. The van der Waals surface area contributed by atoms with Gasteiger partial charge in [0.15, 0.2) is 0 Å². The summed E-state index contributed by atoms with van der Waals surface area (Å²) in [6.07, 6.45) is 3.51.